The Hall–Kier alpha value is -3.06. The predicted molar refractivity (Wildman–Crippen MR) is 120 cm³/mol. The molecule has 6 rings (SSSR count). The van der Waals surface area contributed by atoms with Crippen LogP contribution in [0, 0.1) is 5.92 Å². The lowest BCUT2D eigenvalue weighted by atomic mass is 9.60. The average molecular weight is 449 g/mol. The predicted octanol–water partition coefficient (Wildman–Crippen LogP) is 2.79. The number of aliphatic hydroxyl groups excluding tert-OH is 1. The molecule has 7 heteroatoms. The lowest BCUT2D eigenvalue weighted by molar-refractivity contribution is -0.197. The van der Waals surface area contributed by atoms with Gasteiger partial charge in [-0.05, 0) is 36.6 Å². The average Bonchev–Trinajstić information content (AvgIpc) is 3.50. The number of hydrogen-bond acceptors (Lipinski definition) is 5. The SMILES string of the molecule is O=C(c1ccc2c(c1)OCO2)N1CC2(C1)[C@H](c1ccccc1)[C@H](CO)N2C(=O)C1CCCC1. The molecule has 2 amide bonds. The number of aliphatic hydroxyl groups is 1. The number of rotatable bonds is 4. The second kappa shape index (κ2) is 7.76. The van der Waals surface area contributed by atoms with E-state index in [2.05, 4.69) is 12.1 Å². The molecule has 0 aromatic heterocycles. The number of amides is 2. The van der Waals surface area contributed by atoms with Crippen LogP contribution in [0.2, 0.25) is 0 Å². The minimum Gasteiger partial charge on any atom is -0.454 e. The van der Waals surface area contributed by atoms with E-state index in [1.807, 2.05) is 23.1 Å². The molecule has 7 nitrogen and oxygen atoms in total. The van der Waals surface area contributed by atoms with Crippen molar-refractivity contribution in [1.29, 1.82) is 0 Å². The molecule has 2 atom stereocenters. The van der Waals surface area contributed by atoms with Gasteiger partial charge in [0.1, 0.15) is 0 Å². The van der Waals surface area contributed by atoms with Crippen molar-refractivity contribution in [2.45, 2.75) is 43.2 Å². The zero-order chi connectivity index (χ0) is 22.6. The molecule has 0 radical (unpaired) electrons. The molecule has 1 aliphatic carbocycles. The third-order valence-corrected chi connectivity index (χ3v) is 7.90. The van der Waals surface area contributed by atoms with E-state index in [1.54, 1.807) is 23.1 Å². The summed E-state index contributed by atoms with van der Waals surface area (Å²) in [5.74, 6) is 1.34. The van der Waals surface area contributed by atoms with Crippen molar-refractivity contribution in [2.24, 2.45) is 5.92 Å². The first-order valence-electron chi connectivity index (χ1n) is 11.8. The Morgan fingerprint density at radius 2 is 1.73 bits per heavy atom. The number of carbonyl (C=O) groups is 2. The largest absolute Gasteiger partial charge is 0.454 e. The third kappa shape index (κ3) is 3.05. The van der Waals surface area contributed by atoms with Gasteiger partial charge in [0.05, 0.1) is 18.2 Å². The van der Waals surface area contributed by atoms with Crippen molar-refractivity contribution in [3.8, 4) is 11.5 Å². The summed E-state index contributed by atoms with van der Waals surface area (Å²) in [6.45, 7) is 1.03. The smallest absolute Gasteiger partial charge is 0.254 e. The number of ether oxygens (including phenoxy) is 2. The van der Waals surface area contributed by atoms with E-state index in [0.717, 1.165) is 31.2 Å². The molecular formula is C26H28N2O5. The van der Waals surface area contributed by atoms with E-state index >= 15 is 0 Å². The molecule has 2 saturated heterocycles. The molecule has 3 fully saturated rings. The molecule has 0 unspecified atom stereocenters. The highest BCUT2D eigenvalue weighted by Gasteiger charge is 2.68. The molecule has 172 valence electrons. The Bertz CT molecular complexity index is 1080. The van der Waals surface area contributed by atoms with Crippen LogP contribution in [0.4, 0.5) is 0 Å². The summed E-state index contributed by atoms with van der Waals surface area (Å²) < 4.78 is 10.8. The van der Waals surface area contributed by atoms with Crippen LogP contribution in [0.25, 0.3) is 0 Å². The maximum atomic E-state index is 13.5. The highest BCUT2D eigenvalue weighted by molar-refractivity contribution is 5.96. The molecule has 1 spiro atoms. The van der Waals surface area contributed by atoms with E-state index in [1.165, 1.54) is 0 Å². The Labute approximate surface area is 192 Å². The van der Waals surface area contributed by atoms with E-state index < -0.39 is 5.54 Å². The van der Waals surface area contributed by atoms with Gasteiger partial charge in [-0.15, -0.1) is 0 Å². The zero-order valence-corrected chi connectivity index (χ0v) is 18.5. The van der Waals surface area contributed by atoms with Gasteiger partial charge in [0.15, 0.2) is 11.5 Å². The maximum Gasteiger partial charge on any atom is 0.254 e. The van der Waals surface area contributed by atoms with Crippen LogP contribution in [0.5, 0.6) is 11.5 Å². The maximum absolute atomic E-state index is 13.5. The summed E-state index contributed by atoms with van der Waals surface area (Å²) in [6, 6.07) is 15.1. The van der Waals surface area contributed by atoms with Gasteiger partial charge in [-0.1, -0.05) is 43.2 Å². The molecule has 2 aromatic carbocycles. The first kappa shape index (κ1) is 20.5. The fourth-order valence-corrected chi connectivity index (χ4v) is 6.36. The molecule has 0 bridgehead atoms. The van der Waals surface area contributed by atoms with Crippen LogP contribution in [-0.4, -0.2) is 64.8 Å². The van der Waals surface area contributed by atoms with Gasteiger partial charge in [-0.3, -0.25) is 9.59 Å². The second-order valence-corrected chi connectivity index (χ2v) is 9.66. The van der Waals surface area contributed by atoms with Gasteiger partial charge in [-0.25, -0.2) is 0 Å². The van der Waals surface area contributed by atoms with Gasteiger partial charge in [0.2, 0.25) is 12.7 Å². The molecule has 1 N–H and O–H groups in total. The molecule has 4 aliphatic rings. The topological polar surface area (TPSA) is 79.3 Å². The number of carbonyl (C=O) groups excluding carboxylic acids is 2. The number of hydrogen-bond donors (Lipinski definition) is 1. The van der Waals surface area contributed by atoms with Crippen molar-refractivity contribution >= 4 is 11.8 Å². The Morgan fingerprint density at radius 1 is 1.00 bits per heavy atom. The summed E-state index contributed by atoms with van der Waals surface area (Å²) in [7, 11) is 0. The molecule has 3 aliphatic heterocycles. The van der Waals surface area contributed by atoms with Crippen LogP contribution in [0.1, 0.15) is 47.5 Å². The molecule has 1 saturated carbocycles. The number of likely N-dealkylation sites (tertiary alicyclic amines) is 2. The number of benzene rings is 2. The molecule has 3 heterocycles. The first-order valence-corrected chi connectivity index (χ1v) is 11.8. The Balaban J connectivity index is 1.28. The van der Waals surface area contributed by atoms with Gasteiger partial charge in [-0.2, -0.15) is 0 Å². The Kier molecular flexibility index (Phi) is 4.83. The number of nitrogens with zero attached hydrogens (tertiary/aromatic N) is 2. The fourth-order valence-electron chi connectivity index (χ4n) is 6.36. The minimum absolute atomic E-state index is 0.00913. The monoisotopic (exact) mass is 448 g/mol. The molecule has 33 heavy (non-hydrogen) atoms. The van der Waals surface area contributed by atoms with Crippen LogP contribution in [-0.2, 0) is 4.79 Å². The van der Waals surface area contributed by atoms with Crippen LogP contribution in [0.3, 0.4) is 0 Å². The molecule has 2 aromatic rings. The quantitative estimate of drug-likeness (QED) is 0.778. The van der Waals surface area contributed by atoms with Crippen LogP contribution in [0.15, 0.2) is 48.5 Å². The van der Waals surface area contributed by atoms with Crippen molar-refractivity contribution in [3.05, 3.63) is 59.7 Å². The van der Waals surface area contributed by atoms with Gasteiger partial charge >= 0.3 is 0 Å². The van der Waals surface area contributed by atoms with E-state index in [-0.39, 0.29) is 43.1 Å². The summed E-state index contributed by atoms with van der Waals surface area (Å²) in [5.41, 5.74) is 1.21. The van der Waals surface area contributed by atoms with Crippen LogP contribution < -0.4 is 9.47 Å². The van der Waals surface area contributed by atoms with Gasteiger partial charge in [0.25, 0.3) is 5.91 Å². The summed E-state index contributed by atoms with van der Waals surface area (Å²) in [6.07, 6.45) is 3.99. The highest BCUT2D eigenvalue weighted by Crippen LogP contribution is 2.55. The van der Waals surface area contributed by atoms with Gasteiger partial charge in [0, 0.05) is 30.5 Å². The summed E-state index contributed by atoms with van der Waals surface area (Å²) in [4.78, 5) is 30.5. The van der Waals surface area contributed by atoms with Crippen molar-refractivity contribution in [3.63, 3.8) is 0 Å². The van der Waals surface area contributed by atoms with E-state index in [9.17, 15) is 14.7 Å². The van der Waals surface area contributed by atoms with Crippen LogP contribution >= 0.6 is 0 Å². The lowest BCUT2D eigenvalue weighted by Crippen LogP contribution is -2.86. The van der Waals surface area contributed by atoms with Crippen molar-refractivity contribution < 1.29 is 24.2 Å². The van der Waals surface area contributed by atoms with Crippen molar-refractivity contribution in [1.82, 2.24) is 9.80 Å². The molecular weight excluding hydrogens is 420 g/mol. The van der Waals surface area contributed by atoms with E-state index in [4.69, 9.17) is 9.47 Å². The normalized spacial score (nSPS) is 25.1. The zero-order valence-electron chi connectivity index (χ0n) is 18.5. The second-order valence-electron chi connectivity index (χ2n) is 9.66. The fraction of sp³-hybridized carbons (Fsp3) is 0.462. The Morgan fingerprint density at radius 3 is 2.45 bits per heavy atom. The number of fused-ring (bicyclic) bond motifs is 1. The highest BCUT2D eigenvalue weighted by atomic mass is 16.7. The summed E-state index contributed by atoms with van der Waals surface area (Å²) >= 11 is 0. The summed E-state index contributed by atoms with van der Waals surface area (Å²) in [5, 5.41) is 10.3. The van der Waals surface area contributed by atoms with E-state index in [0.29, 0.717) is 30.2 Å². The van der Waals surface area contributed by atoms with Gasteiger partial charge < -0.3 is 24.4 Å². The lowest BCUT2D eigenvalue weighted by Gasteiger charge is -2.70. The standard InChI is InChI=1S/C26H28N2O5/c29-13-20-23(17-6-2-1-3-7-17)26(28(20)25(31)18-8-4-5-9-18)14-27(15-26)24(30)19-10-11-21-22(12-19)33-16-32-21/h1-3,6-7,10-12,18,20,23,29H,4-5,8-9,13-16H2/t20-,23+/m0/s1. The minimum atomic E-state index is -0.458. The first-order chi connectivity index (χ1) is 16.1. The van der Waals surface area contributed by atoms with Crippen molar-refractivity contribution in [2.75, 3.05) is 26.5 Å². The third-order valence-electron chi connectivity index (χ3n) is 7.90.